The summed E-state index contributed by atoms with van der Waals surface area (Å²) in [5, 5.41) is 7.20. The highest BCUT2D eigenvalue weighted by atomic mass is 19.4. The number of aryl methyl sites for hydroxylation is 1. The summed E-state index contributed by atoms with van der Waals surface area (Å²) in [6.07, 6.45) is 2.37. The molecular formula is C23H35F3N8O. The summed E-state index contributed by atoms with van der Waals surface area (Å²) < 4.78 is 43.5. The lowest BCUT2D eigenvalue weighted by Gasteiger charge is -2.26. The van der Waals surface area contributed by atoms with Gasteiger partial charge in [0.05, 0.1) is 24.3 Å². The third kappa shape index (κ3) is 7.30. The fraction of sp³-hybridized carbons (Fsp3) is 0.652. The molecule has 194 valence electrons. The quantitative estimate of drug-likeness (QED) is 0.295. The second kappa shape index (κ2) is 12.2. The highest BCUT2D eigenvalue weighted by Crippen LogP contribution is 2.29. The molecule has 9 nitrogen and oxygen atoms in total. The Bertz CT molecular complexity index is 953. The fourth-order valence-corrected chi connectivity index (χ4v) is 4.36. The van der Waals surface area contributed by atoms with Gasteiger partial charge in [0.25, 0.3) is 0 Å². The van der Waals surface area contributed by atoms with Crippen LogP contribution in [-0.4, -0.2) is 83.5 Å². The molecule has 2 fully saturated rings. The molecule has 0 bridgehead atoms. The molecule has 1 atom stereocenters. The minimum atomic E-state index is -4.70. The first-order valence-electron chi connectivity index (χ1n) is 12.1. The number of amides is 1. The molecule has 1 aromatic rings. The van der Waals surface area contributed by atoms with Crippen molar-refractivity contribution in [3.63, 3.8) is 0 Å². The summed E-state index contributed by atoms with van der Waals surface area (Å²) in [5.74, 6) is -0.320. The van der Waals surface area contributed by atoms with Gasteiger partial charge in [0, 0.05) is 45.4 Å². The normalized spacial score (nSPS) is 20.9. The number of allylic oxidation sites excluding steroid dienone is 1. The van der Waals surface area contributed by atoms with Crippen LogP contribution in [0.4, 0.5) is 18.9 Å². The van der Waals surface area contributed by atoms with Crippen molar-refractivity contribution in [3.8, 4) is 0 Å². The van der Waals surface area contributed by atoms with Crippen molar-refractivity contribution in [2.45, 2.75) is 58.2 Å². The Kier molecular flexibility index (Phi) is 9.30. The van der Waals surface area contributed by atoms with Gasteiger partial charge in [0.15, 0.2) is 0 Å². The molecule has 0 aliphatic carbocycles. The zero-order chi connectivity index (χ0) is 25.4. The molecule has 35 heavy (non-hydrogen) atoms. The Morgan fingerprint density at radius 1 is 1.34 bits per heavy atom. The van der Waals surface area contributed by atoms with Crippen LogP contribution in [0.5, 0.6) is 0 Å². The van der Waals surface area contributed by atoms with E-state index in [0.29, 0.717) is 37.3 Å². The standard InChI is InChI=1S/C23H35F3N8O/c1-3-32-12-8-18(14-32)34-15-20(17(2)31-34)29-13-19(23(24,25)26)22(30-16-27)28-9-6-11-33-10-5-4-7-21(33)35/h13,15-16,18,28H,3-12,14H2,1-2H3,(H2,27,30)/b22-19+,29-13-. The van der Waals surface area contributed by atoms with Crippen LogP contribution in [0.25, 0.3) is 0 Å². The van der Waals surface area contributed by atoms with Crippen LogP contribution in [0.1, 0.15) is 50.8 Å². The molecule has 0 radical (unpaired) electrons. The van der Waals surface area contributed by atoms with Gasteiger partial charge in [-0.2, -0.15) is 18.3 Å². The van der Waals surface area contributed by atoms with Crippen LogP contribution in [0.2, 0.25) is 0 Å². The molecule has 1 aromatic heterocycles. The predicted octanol–water partition coefficient (Wildman–Crippen LogP) is 2.91. The maximum atomic E-state index is 13.9. The number of nitrogens with zero attached hydrogens (tertiary/aromatic N) is 6. The Balaban J connectivity index is 1.72. The van der Waals surface area contributed by atoms with Crippen molar-refractivity contribution in [2.75, 3.05) is 39.3 Å². The summed E-state index contributed by atoms with van der Waals surface area (Å²) >= 11 is 0. The van der Waals surface area contributed by atoms with E-state index in [1.165, 1.54) is 0 Å². The molecule has 2 saturated heterocycles. The second-order valence-corrected chi connectivity index (χ2v) is 8.83. The van der Waals surface area contributed by atoms with Gasteiger partial charge < -0.3 is 20.9 Å². The molecule has 0 aromatic carbocycles. The number of carbonyl (C=O) groups is 1. The number of likely N-dealkylation sites (N-methyl/N-ethyl adjacent to an activating group) is 1. The number of rotatable bonds is 10. The van der Waals surface area contributed by atoms with Crippen LogP contribution < -0.4 is 11.1 Å². The lowest BCUT2D eigenvalue weighted by Crippen LogP contribution is -2.37. The molecule has 0 spiro atoms. The van der Waals surface area contributed by atoms with Gasteiger partial charge in [-0.3, -0.25) is 14.5 Å². The Hall–Kier alpha value is -2.89. The number of likely N-dealkylation sites (tertiary alicyclic amines) is 2. The van der Waals surface area contributed by atoms with E-state index in [-0.39, 0.29) is 18.5 Å². The molecule has 3 N–H and O–H groups in total. The largest absolute Gasteiger partial charge is 0.421 e. The number of aromatic nitrogens is 2. The van der Waals surface area contributed by atoms with E-state index in [4.69, 9.17) is 5.73 Å². The summed E-state index contributed by atoms with van der Waals surface area (Å²) in [4.78, 5) is 23.8. The average Bonchev–Trinajstić information content (AvgIpc) is 3.43. The molecule has 3 rings (SSSR count). The van der Waals surface area contributed by atoms with E-state index in [1.807, 2.05) is 0 Å². The summed E-state index contributed by atoms with van der Waals surface area (Å²) in [5.41, 5.74) is 5.23. The number of aliphatic imine (C=N–C) groups is 2. The summed E-state index contributed by atoms with van der Waals surface area (Å²) in [6.45, 7) is 7.98. The van der Waals surface area contributed by atoms with Gasteiger partial charge in [0.2, 0.25) is 5.91 Å². The van der Waals surface area contributed by atoms with Gasteiger partial charge in [-0.1, -0.05) is 6.92 Å². The summed E-state index contributed by atoms with van der Waals surface area (Å²) in [7, 11) is 0. The number of halogens is 3. The zero-order valence-corrected chi connectivity index (χ0v) is 20.4. The molecule has 2 aliphatic heterocycles. The summed E-state index contributed by atoms with van der Waals surface area (Å²) in [6, 6.07) is 0.182. The van der Waals surface area contributed by atoms with Crippen LogP contribution >= 0.6 is 0 Å². The Morgan fingerprint density at radius 3 is 2.80 bits per heavy atom. The molecule has 1 amide bonds. The number of hydrogen-bond acceptors (Lipinski definition) is 6. The van der Waals surface area contributed by atoms with Crippen LogP contribution in [0.3, 0.4) is 0 Å². The van der Waals surface area contributed by atoms with Gasteiger partial charge >= 0.3 is 6.18 Å². The lowest BCUT2D eigenvalue weighted by atomic mass is 10.1. The first-order chi connectivity index (χ1) is 16.7. The van der Waals surface area contributed by atoms with E-state index in [2.05, 4.69) is 32.2 Å². The molecule has 1 unspecified atom stereocenters. The van der Waals surface area contributed by atoms with Crippen LogP contribution in [0.15, 0.2) is 27.6 Å². The fourth-order valence-electron chi connectivity index (χ4n) is 4.36. The van der Waals surface area contributed by atoms with Crippen molar-refractivity contribution in [1.82, 2.24) is 24.9 Å². The van der Waals surface area contributed by atoms with Crippen molar-refractivity contribution >= 4 is 24.1 Å². The maximum Gasteiger partial charge on any atom is 0.421 e. The van der Waals surface area contributed by atoms with Crippen molar-refractivity contribution < 1.29 is 18.0 Å². The molecule has 3 heterocycles. The van der Waals surface area contributed by atoms with Crippen LogP contribution in [-0.2, 0) is 4.79 Å². The van der Waals surface area contributed by atoms with Crippen molar-refractivity contribution in [1.29, 1.82) is 0 Å². The van der Waals surface area contributed by atoms with Crippen molar-refractivity contribution in [3.05, 3.63) is 23.3 Å². The maximum absolute atomic E-state index is 13.9. The van der Waals surface area contributed by atoms with Crippen LogP contribution in [0, 0.1) is 6.92 Å². The van der Waals surface area contributed by atoms with E-state index in [1.54, 1.807) is 22.7 Å². The Morgan fingerprint density at radius 2 is 2.14 bits per heavy atom. The molecule has 0 saturated carbocycles. The topological polar surface area (TPSA) is 104 Å². The van der Waals surface area contributed by atoms with E-state index < -0.39 is 17.6 Å². The smallest absolute Gasteiger partial charge is 0.390 e. The van der Waals surface area contributed by atoms with E-state index in [0.717, 1.165) is 51.4 Å². The lowest BCUT2D eigenvalue weighted by molar-refractivity contribution is -0.133. The number of nitrogens with two attached hydrogens (primary N) is 1. The SMILES string of the molecule is CCN1CCC(n2cc(\N=C/C(=C(\N=C\N)NCCCN3CCCCC3=O)C(F)(F)F)c(C)n2)C1. The zero-order valence-electron chi connectivity index (χ0n) is 20.4. The number of carbonyl (C=O) groups excluding carboxylic acids is 1. The number of nitrogens with one attached hydrogen (secondary N) is 1. The van der Waals surface area contributed by atoms with Gasteiger partial charge in [0.1, 0.15) is 17.1 Å². The van der Waals surface area contributed by atoms with Crippen molar-refractivity contribution in [2.24, 2.45) is 15.7 Å². The second-order valence-electron chi connectivity index (χ2n) is 8.83. The number of alkyl halides is 3. The van der Waals surface area contributed by atoms with Gasteiger partial charge in [-0.05, 0) is 39.2 Å². The predicted molar refractivity (Wildman–Crippen MR) is 130 cm³/mol. The minimum Gasteiger partial charge on any atom is -0.390 e. The third-order valence-electron chi connectivity index (χ3n) is 6.38. The molecule has 12 heteroatoms. The van der Waals surface area contributed by atoms with E-state index >= 15 is 0 Å². The molecule has 2 aliphatic rings. The minimum absolute atomic E-state index is 0.0889. The highest BCUT2D eigenvalue weighted by Gasteiger charge is 2.36. The monoisotopic (exact) mass is 496 g/mol. The number of piperidine rings is 1. The first-order valence-corrected chi connectivity index (χ1v) is 12.1. The Labute approximate surface area is 203 Å². The third-order valence-corrected chi connectivity index (χ3v) is 6.38. The van der Waals surface area contributed by atoms with E-state index in [9.17, 15) is 18.0 Å². The van der Waals surface area contributed by atoms with Gasteiger partial charge in [-0.15, -0.1) is 0 Å². The van der Waals surface area contributed by atoms with Gasteiger partial charge in [-0.25, -0.2) is 4.99 Å². The first kappa shape index (κ1) is 26.7. The highest BCUT2D eigenvalue weighted by molar-refractivity contribution is 5.84. The molecular weight excluding hydrogens is 461 g/mol. The average molecular weight is 497 g/mol. The number of hydrogen-bond donors (Lipinski definition) is 2.